The second-order valence-electron chi connectivity index (χ2n) is 2.77. The van der Waals surface area contributed by atoms with Crippen LogP contribution < -0.4 is 5.73 Å². The summed E-state index contributed by atoms with van der Waals surface area (Å²) in [7, 11) is 1.33. The smallest absolute Gasteiger partial charge is 0.312 e. The highest BCUT2D eigenvalue weighted by Crippen LogP contribution is 2.19. The molecular weight excluding hydrogens is 172 g/mol. The SMILES string of the molecule is COC(=O)C1COC(C=N)=C(N)C1. The number of rotatable bonds is 2. The van der Waals surface area contributed by atoms with Crippen LogP contribution in [0.2, 0.25) is 0 Å². The van der Waals surface area contributed by atoms with E-state index in [1.807, 2.05) is 0 Å². The Labute approximate surface area is 76.0 Å². The fourth-order valence-corrected chi connectivity index (χ4v) is 1.16. The molecule has 0 saturated carbocycles. The summed E-state index contributed by atoms with van der Waals surface area (Å²) in [6.45, 7) is 0.234. The minimum Gasteiger partial charge on any atom is -0.489 e. The molecule has 0 spiro atoms. The van der Waals surface area contributed by atoms with Crippen LogP contribution in [0, 0.1) is 11.3 Å². The Kier molecular flexibility index (Phi) is 2.89. The van der Waals surface area contributed by atoms with E-state index in [1.54, 1.807) is 0 Å². The zero-order valence-electron chi connectivity index (χ0n) is 7.37. The molecule has 72 valence electrons. The van der Waals surface area contributed by atoms with Crippen LogP contribution in [0.15, 0.2) is 11.5 Å². The number of hydrogen-bond donors (Lipinski definition) is 2. The molecule has 0 amide bonds. The molecule has 5 nitrogen and oxygen atoms in total. The fraction of sp³-hybridized carbons (Fsp3) is 0.500. The molecule has 0 bridgehead atoms. The first-order valence-electron chi connectivity index (χ1n) is 3.88. The van der Waals surface area contributed by atoms with Crippen molar-refractivity contribution in [3.63, 3.8) is 0 Å². The number of carbonyl (C=O) groups is 1. The Morgan fingerprint density at radius 1 is 1.85 bits per heavy atom. The predicted molar refractivity (Wildman–Crippen MR) is 46.1 cm³/mol. The predicted octanol–water partition coefficient (Wildman–Crippen LogP) is 0.0158. The van der Waals surface area contributed by atoms with Gasteiger partial charge in [-0.15, -0.1) is 0 Å². The van der Waals surface area contributed by atoms with Crippen LogP contribution >= 0.6 is 0 Å². The van der Waals surface area contributed by atoms with Gasteiger partial charge in [-0.05, 0) is 0 Å². The van der Waals surface area contributed by atoms with Gasteiger partial charge >= 0.3 is 5.97 Å². The number of carbonyl (C=O) groups excluding carboxylic acids is 1. The Hall–Kier alpha value is -1.52. The summed E-state index contributed by atoms with van der Waals surface area (Å²) in [6.07, 6.45) is 1.44. The third-order valence-electron chi connectivity index (χ3n) is 1.89. The summed E-state index contributed by atoms with van der Waals surface area (Å²) in [6, 6.07) is 0. The number of methoxy groups -OCH3 is 1. The number of allylic oxidation sites excluding steroid dienone is 2. The Bertz CT molecular complexity index is 260. The molecule has 0 aliphatic carbocycles. The monoisotopic (exact) mass is 184 g/mol. The van der Waals surface area contributed by atoms with Crippen LogP contribution in [-0.4, -0.2) is 25.9 Å². The quantitative estimate of drug-likeness (QED) is 0.467. The molecule has 0 aromatic rings. The normalized spacial score (nSPS) is 22.1. The molecule has 3 N–H and O–H groups in total. The lowest BCUT2D eigenvalue weighted by Gasteiger charge is -2.22. The summed E-state index contributed by atoms with van der Waals surface area (Å²) in [5.41, 5.74) is 6.00. The Morgan fingerprint density at radius 2 is 2.54 bits per heavy atom. The number of nitrogens with one attached hydrogen (secondary N) is 1. The first-order chi connectivity index (χ1) is 6.19. The Balaban J connectivity index is 2.67. The lowest BCUT2D eigenvalue weighted by molar-refractivity contribution is -0.147. The van der Waals surface area contributed by atoms with E-state index in [1.165, 1.54) is 7.11 Å². The zero-order valence-corrected chi connectivity index (χ0v) is 7.37. The molecule has 1 unspecified atom stereocenters. The molecular formula is C8H12N2O3. The largest absolute Gasteiger partial charge is 0.489 e. The highest BCUT2D eigenvalue weighted by Gasteiger charge is 2.26. The second-order valence-corrected chi connectivity index (χ2v) is 2.77. The molecule has 0 fully saturated rings. The molecule has 5 heteroatoms. The average Bonchev–Trinajstić information content (AvgIpc) is 2.16. The summed E-state index contributed by atoms with van der Waals surface area (Å²) in [5.74, 6) is -0.319. The molecule has 13 heavy (non-hydrogen) atoms. The van der Waals surface area contributed by atoms with Gasteiger partial charge in [0, 0.05) is 6.42 Å². The Morgan fingerprint density at radius 3 is 3.00 bits per heavy atom. The number of esters is 1. The molecule has 0 radical (unpaired) electrons. The van der Waals surface area contributed by atoms with Crippen molar-refractivity contribution in [1.29, 1.82) is 5.41 Å². The van der Waals surface area contributed by atoms with Gasteiger partial charge in [0.25, 0.3) is 0 Å². The van der Waals surface area contributed by atoms with E-state index in [0.717, 1.165) is 6.21 Å². The summed E-state index contributed by atoms with van der Waals surface area (Å²) >= 11 is 0. The fourth-order valence-electron chi connectivity index (χ4n) is 1.16. The zero-order chi connectivity index (χ0) is 9.84. The topological polar surface area (TPSA) is 85.4 Å². The molecule has 0 saturated heterocycles. The molecule has 1 atom stereocenters. The van der Waals surface area contributed by atoms with Crippen molar-refractivity contribution in [2.24, 2.45) is 11.7 Å². The van der Waals surface area contributed by atoms with Gasteiger partial charge in [0.05, 0.1) is 24.9 Å². The third kappa shape index (κ3) is 1.99. The van der Waals surface area contributed by atoms with Crippen LogP contribution in [0.1, 0.15) is 6.42 Å². The van der Waals surface area contributed by atoms with E-state index in [-0.39, 0.29) is 18.5 Å². The summed E-state index contributed by atoms with van der Waals surface area (Å²) < 4.78 is 9.64. The van der Waals surface area contributed by atoms with Gasteiger partial charge in [-0.2, -0.15) is 0 Å². The van der Waals surface area contributed by atoms with E-state index in [2.05, 4.69) is 4.74 Å². The molecule has 1 heterocycles. The maximum absolute atomic E-state index is 11.1. The minimum atomic E-state index is -0.339. The number of nitrogens with two attached hydrogens (primary N) is 1. The number of ether oxygens (including phenoxy) is 2. The van der Waals surface area contributed by atoms with E-state index in [4.69, 9.17) is 15.9 Å². The van der Waals surface area contributed by atoms with Gasteiger partial charge in [0.15, 0.2) is 5.76 Å². The molecule has 1 aliphatic rings. The van der Waals surface area contributed by atoms with Crippen molar-refractivity contribution in [1.82, 2.24) is 0 Å². The lowest BCUT2D eigenvalue weighted by atomic mass is 10.0. The van der Waals surface area contributed by atoms with Crippen molar-refractivity contribution in [3.8, 4) is 0 Å². The van der Waals surface area contributed by atoms with Gasteiger partial charge in [-0.1, -0.05) is 0 Å². The van der Waals surface area contributed by atoms with Crippen molar-refractivity contribution < 1.29 is 14.3 Å². The lowest BCUT2D eigenvalue weighted by Crippen LogP contribution is -2.28. The molecule has 0 aromatic heterocycles. The van der Waals surface area contributed by atoms with Crippen LogP contribution in [0.3, 0.4) is 0 Å². The van der Waals surface area contributed by atoms with Gasteiger partial charge in [-0.3, -0.25) is 4.79 Å². The van der Waals surface area contributed by atoms with Crippen molar-refractivity contribution >= 4 is 12.2 Å². The van der Waals surface area contributed by atoms with Crippen molar-refractivity contribution in [3.05, 3.63) is 11.5 Å². The number of hydrogen-bond acceptors (Lipinski definition) is 5. The van der Waals surface area contributed by atoms with E-state index in [0.29, 0.717) is 17.9 Å². The van der Waals surface area contributed by atoms with Crippen LogP contribution in [0.5, 0.6) is 0 Å². The van der Waals surface area contributed by atoms with Gasteiger partial charge in [-0.25, -0.2) is 0 Å². The van der Waals surface area contributed by atoms with Crippen LogP contribution in [0.4, 0.5) is 0 Å². The van der Waals surface area contributed by atoms with E-state index < -0.39 is 0 Å². The summed E-state index contributed by atoms with van der Waals surface area (Å²) in [5, 5.41) is 6.94. The maximum atomic E-state index is 11.1. The molecule has 1 rings (SSSR count). The van der Waals surface area contributed by atoms with Crippen LogP contribution in [-0.2, 0) is 14.3 Å². The minimum absolute atomic E-state index is 0.234. The second kappa shape index (κ2) is 3.93. The summed E-state index contributed by atoms with van der Waals surface area (Å²) in [4.78, 5) is 11.1. The maximum Gasteiger partial charge on any atom is 0.312 e. The van der Waals surface area contributed by atoms with Crippen molar-refractivity contribution in [2.45, 2.75) is 6.42 Å². The van der Waals surface area contributed by atoms with Gasteiger partial charge in [0.2, 0.25) is 0 Å². The van der Waals surface area contributed by atoms with Crippen LogP contribution in [0.25, 0.3) is 0 Å². The van der Waals surface area contributed by atoms with E-state index in [9.17, 15) is 4.79 Å². The average molecular weight is 184 g/mol. The third-order valence-corrected chi connectivity index (χ3v) is 1.89. The highest BCUT2D eigenvalue weighted by atomic mass is 16.5. The van der Waals surface area contributed by atoms with E-state index >= 15 is 0 Å². The first kappa shape index (κ1) is 9.57. The van der Waals surface area contributed by atoms with Gasteiger partial charge < -0.3 is 20.6 Å². The highest BCUT2D eigenvalue weighted by molar-refractivity contribution is 5.77. The molecule has 0 aromatic carbocycles. The standard InChI is InChI=1S/C8H12N2O3/c1-12-8(11)5-2-6(10)7(3-9)13-4-5/h3,5,9H,2,4,10H2,1H3. The first-order valence-corrected chi connectivity index (χ1v) is 3.88. The molecule has 1 aliphatic heterocycles. The van der Waals surface area contributed by atoms with Gasteiger partial charge in [0.1, 0.15) is 6.61 Å². The van der Waals surface area contributed by atoms with Crippen molar-refractivity contribution in [2.75, 3.05) is 13.7 Å².